The van der Waals surface area contributed by atoms with Crippen molar-refractivity contribution in [2.24, 2.45) is 5.14 Å². The molecule has 0 aliphatic rings. The third kappa shape index (κ3) is 3.46. The Kier molecular flexibility index (Phi) is 4.40. The fourth-order valence-corrected chi connectivity index (χ4v) is 2.83. The molecule has 5 nitrogen and oxygen atoms in total. The first kappa shape index (κ1) is 15.6. The number of benzene rings is 2. The van der Waals surface area contributed by atoms with Crippen molar-refractivity contribution in [2.45, 2.75) is 4.90 Å². The molecule has 2 rings (SSSR count). The van der Waals surface area contributed by atoms with E-state index < -0.39 is 21.7 Å². The van der Waals surface area contributed by atoms with E-state index in [4.69, 9.17) is 5.14 Å². The van der Waals surface area contributed by atoms with Gasteiger partial charge in [0.25, 0.3) is 5.91 Å². The second kappa shape index (κ2) is 5.92. The summed E-state index contributed by atoms with van der Waals surface area (Å²) in [6.07, 6.45) is 0. The second-order valence-corrected chi connectivity index (χ2v) is 6.42. The fraction of sp³-hybridized carbons (Fsp3) is 0. The third-order valence-corrected chi connectivity index (χ3v) is 4.41. The lowest BCUT2D eigenvalue weighted by Crippen LogP contribution is -2.18. The van der Waals surface area contributed by atoms with Crippen LogP contribution in [0.1, 0.15) is 10.4 Å². The molecule has 21 heavy (non-hydrogen) atoms. The predicted molar refractivity (Wildman–Crippen MR) is 79.9 cm³/mol. The zero-order valence-electron chi connectivity index (χ0n) is 10.5. The molecular formula is C13H10BrFN2O3S. The van der Waals surface area contributed by atoms with Crippen molar-refractivity contribution in [2.75, 3.05) is 5.32 Å². The monoisotopic (exact) mass is 372 g/mol. The largest absolute Gasteiger partial charge is 0.321 e. The highest BCUT2D eigenvalue weighted by Crippen LogP contribution is 2.24. The molecule has 1 amide bonds. The molecule has 0 aliphatic heterocycles. The van der Waals surface area contributed by atoms with Crippen LogP contribution in [-0.4, -0.2) is 14.3 Å². The SMILES string of the molecule is NS(=O)(=O)c1ccccc1NC(=O)c1cccc(F)c1Br. The molecule has 0 saturated heterocycles. The van der Waals surface area contributed by atoms with Gasteiger partial charge in [-0.1, -0.05) is 18.2 Å². The third-order valence-electron chi connectivity index (χ3n) is 2.64. The molecule has 2 aromatic rings. The van der Waals surface area contributed by atoms with Crippen LogP contribution in [0.15, 0.2) is 51.8 Å². The van der Waals surface area contributed by atoms with Crippen LogP contribution in [0.3, 0.4) is 0 Å². The number of nitrogens with two attached hydrogens (primary N) is 1. The van der Waals surface area contributed by atoms with Crippen LogP contribution in [0.2, 0.25) is 0 Å². The molecule has 0 saturated carbocycles. The minimum atomic E-state index is -3.98. The van der Waals surface area contributed by atoms with E-state index in [1.54, 1.807) is 6.07 Å². The summed E-state index contributed by atoms with van der Waals surface area (Å²) in [6.45, 7) is 0. The van der Waals surface area contributed by atoms with Crippen LogP contribution in [0.5, 0.6) is 0 Å². The van der Waals surface area contributed by atoms with Crippen molar-refractivity contribution in [3.63, 3.8) is 0 Å². The number of sulfonamides is 1. The van der Waals surface area contributed by atoms with Gasteiger partial charge in [-0.2, -0.15) is 0 Å². The average Bonchev–Trinajstić information content (AvgIpc) is 2.41. The topological polar surface area (TPSA) is 89.3 Å². The Balaban J connectivity index is 2.40. The number of nitrogens with one attached hydrogen (secondary N) is 1. The highest BCUT2D eigenvalue weighted by molar-refractivity contribution is 9.10. The Morgan fingerprint density at radius 2 is 1.81 bits per heavy atom. The van der Waals surface area contributed by atoms with Gasteiger partial charge < -0.3 is 5.32 Å². The van der Waals surface area contributed by atoms with Gasteiger partial charge >= 0.3 is 0 Å². The van der Waals surface area contributed by atoms with E-state index in [0.717, 1.165) is 0 Å². The summed E-state index contributed by atoms with van der Waals surface area (Å²) in [5.74, 6) is -1.25. The first-order chi connectivity index (χ1) is 9.80. The maximum Gasteiger partial charge on any atom is 0.256 e. The van der Waals surface area contributed by atoms with Gasteiger partial charge in [0, 0.05) is 0 Å². The number of hydrogen-bond donors (Lipinski definition) is 2. The molecule has 0 aliphatic carbocycles. The number of carbonyl (C=O) groups is 1. The number of carbonyl (C=O) groups excluding carboxylic acids is 1. The van der Waals surface area contributed by atoms with Crippen molar-refractivity contribution >= 4 is 37.5 Å². The minimum Gasteiger partial charge on any atom is -0.321 e. The summed E-state index contributed by atoms with van der Waals surface area (Å²) in [6, 6.07) is 9.66. The van der Waals surface area contributed by atoms with Crippen molar-refractivity contribution in [1.82, 2.24) is 0 Å². The van der Waals surface area contributed by atoms with Crippen molar-refractivity contribution < 1.29 is 17.6 Å². The Morgan fingerprint density at radius 1 is 1.14 bits per heavy atom. The van der Waals surface area contributed by atoms with Crippen molar-refractivity contribution in [3.05, 3.63) is 58.3 Å². The lowest BCUT2D eigenvalue weighted by molar-refractivity contribution is 0.102. The Hall–Kier alpha value is -1.77. The average molecular weight is 373 g/mol. The number of rotatable bonds is 3. The van der Waals surface area contributed by atoms with Gasteiger partial charge in [0.2, 0.25) is 10.0 Å². The molecule has 110 valence electrons. The van der Waals surface area contributed by atoms with Crippen molar-refractivity contribution in [1.29, 1.82) is 0 Å². The van der Waals surface area contributed by atoms with E-state index in [0.29, 0.717) is 0 Å². The van der Waals surface area contributed by atoms with Gasteiger partial charge in [-0.05, 0) is 40.2 Å². The lowest BCUT2D eigenvalue weighted by atomic mass is 10.2. The molecule has 0 radical (unpaired) electrons. The molecular weight excluding hydrogens is 363 g/mol. The van der Waals surface area contributed by atoms with Gasteiger partial charge in [0.15, 0.2) is 0 Å². The number of hydrogen-bond acceptors (Lipinski definition) is 3. The molecule has 0 heterocycles. The molecule has 0 aromatic heterocycles. The van der Waals surface area contributed by atoms with E-state index in [2.05, 4.69) is 21.2 Å². The maximum atomic E-state index is 13.4. The van der Waals surface area contributed by atoms with Crippen LogP contribution in [0.25, 0.3) is 0 Å². The number of halogens is 2. The highest BCUT2D eigenvalue weighted by Gasteiger charge is 2.18. The summed E-state index contributed by atoms with van der Waals surface area (Å²) >= 11 is 2.97. The molecule has 0 unspecified atom stereocenters. The molecule has 2 aromatic carbocycles. The van der Waals surface area contributed by atoms with Gasteiger partial charge in [-0.25, -0.2) is 17.9 Å². The smallest absolute Gasteiger partial charge is 0.256 e. The zero-order chi connectivity index (χ0) is 15.6. The van der Waals surface area contributed by atoms with E-state index in [-0.39, 0.29) is 20.6 Å². The van der Waals surface area contributed by atoms with E-state index >= 15 is 0 Å². The van der Waals surface area contributed by atoms with E-state index in [9.17, 15) is 17.6 Å². The molecule has 0 spiro atoms. The molecule has 0 atom stereocenters. The quantitative estimate of drug-likeness (QED) is 0.866. The van der Waals surface area contributed by atoms with Gasteiger partial charge in [0.05, 0.1) is 15.7 Å². The molecule has 0 fully saturated rings. The van der Waals surface area contributed by atoms with Gasteiger partial charge in [-0.15, -0.1) is 0 Å². The number of anilines is 1. The summed E-state index contributed by atoms with van der Waals surface area (Å²) in [7, 11) is -3.98. The summed E-state index contributed by atoms with van der Waals surface area (Å²) in [4.78, 5) is 11.9. The predicted octanol–water partition coefficient (Wildman–Crippen LogP) is 2.49. The first-order valence-electron chi connectivity index (χ1n) is 5.68. The van der Waals surface area contributed by atoms with Crippen molar-refractivity contribution in [3.8, 4) is 0 Å². The number of primary sulfonamides is 1. The maximum absolute atomic E-state index is 13.4. The van der Waals surface area contributed by atoms with Crippen LogP contribution >= 0.6 is 15.9 Å². The standard InChI is InChI=1S/C13H10BrFN2O3S/c14-12-8(4-3-5-9(12)15)13(18)17-10-6-1-2-7-11(10)21(16,19)20/h1-7H,(H,17,18)(H2,16,19,20). The van der Waals surface area contributed by atoms with E-state index in [1.165, 1.54) is 36.4 Å². The van der Waals surface area contributed by atoms with Crippen LogP contribution in [-0.2, 0) is 10.0 Å². The van der Waals surface area contributed by atoms with E-state index in [1.807, 2.05) is 0 Å². The lowest BCUT2D eigenvalue weighted by Gasteiger charge is -2.10. The van der Waals surface area contributed by atoms with Crippen LogP contribution < -0.4 is 10.5 Å². The first-order valence-corrected chi connectivity index (χ1v) is 8.02. The highest BCUT2D eigenvalue weighted by atomic mass is 79.9. The second-order valence-electron chi connectivity index (χ2n) is 4.10. The minimum absolute atomic E-state index is 0.00409. The Morgan fingerprint density at radius 3 is 2.48 bits per heavy atom. The normalized spacial score (nSPS) is 11.2. The summed E-state index contributed by atoms with van der Waals surface area (Å²) < 4.78 is 36.3. The number of para-hydroxylation sites is 1. The molecule has 8 heteroatoms. The fourth-order valence-electron chi connectivity index (χ4n) is 1.69. The Bertz CT molecular complexity index is 809. The molecule has 3 N–H and O–H groups in total. The summed E-state index contributed by atoms with van der Waals surface area (Å²) in [5.41, 5.74) is 0.0698. The number of amides is 1. The summed E-state index contributed by atoms with van der Waals surface area (Å²) in [5, 5.41) is 7.48. The van der Waals surface area contributed by atoms with Crippen LogP contribution in [0, 0.1) is 5.82 Å². The zero-order valence-corrected chi connectivity index (χ0v) is 12.9. The van der Waals surface area contributed by atoms with Gasteiger partial charge in [0.1, 0.15) is 10.7 Å². The van der Waals surface area contributed by atoms with Crippen LogP contribution in [0.4, 0.5) is 10.1 Å². The molecule has 0 bridgehead atoms. The van der Waals surface area contributed by atoms with Gasteiger partial charge in [-0.3, -0.25) is 4.79 Å². The Labute approximate surface area is 129 Å².